The van der Waals surface area contributed by atoms with Crippen LogP contribution in [0.25, 0.3) is 0 Å². The molecule has 0 aliphatic carbocycles. The van der Waals surface area contributed by atoms with Crippen LogP contribution >= 0.6 is 0 Å². The van der Waals surface area contributed by atoms with Crippen molar-refractivity contribution in [1.29, 1.82) is 0 Å². The van der Waals surface area contributed by atoms with E-state index in [2.05, 4.69) is 18.3 Å². The summed E-state index contributed by atoms with van der Waals surface area (Å²) in [6, 6.07) is 5.58. The van der Waals surface area contributed by atoms with Crippen LogP contribution in [0.3, 0.4) is 0 Å². The molecule has 1 aromatic carbocycles. The number of nitrogens with one attached hydrogen (secondary N) is 1. The van der Waals surface area contributed by atoms with Gasteiger partial charge in [-0.2, -0.15) is 0 Å². The Bertz CT molecular complexity index is 368. The zero-order valence-electron chi connectivity index (χ0n) is 10.9. The van der Waals surface area contributed by atoms with Crippen LogP contribution in [0.2, 0.25) is 0 Å². The summed E-state index contributed by atoms with van der Waals surface area (Å²) in [6.45, 7) is 6.12. The predicted octanol–water partition coefficient (Wildman–Crippen LogP) is 2.76. The third-order valence-corrected chi connectivity index (χ3v) is 2.69. The number of aryl methyl sites for hydroxylation is 2. The molecule has 3 nitrogen and oxygen atoms in total. The van der Waals surface area contributed by atoms with E-state index in [4.69, 9.17) is 5.73 Å². The Labute approximate surface area is 103 Å². The van der Waals surface area contributed by atoms with E-state index in [1.807, 2.05) is 26.0 Å². The second-order valence-electron chi connectivity index (χ2n) is 4.61. The number of unbranched alkanes of at least 4 members (excludes halogenated alkanes) is 1. The molecule has 1 atom stereocenters. The molecule has 0 aromatic heterocycles. The first-order chi connectivity index (χ1) is 8.02. The topological polar surface area (TPSA) is 55.1 Å². The van der Waals surface area contributed by atoms with Crippen molar-refractivity contribution in [1.82, 2.24) is 0 Å². The van der Waals surface area contributed by atoms with Crippen molar-refractivity contribution in [2.75, 3.05) is 5.32 Å². The standard InChI is InChI=1S/C14H22N2O/c1-4-5-6-13(15)14(17)16-12-8-10(2)7-11(3)9-12/h7-9,13H,4-6,15H2,1-3H3,(H,16,17). The summed E-state index contributed by atoms with van der Waals surface area (Å²) in [5, 5.41) is 2.87. The minimum absolute atomic E-state index is 0.0940. The van der Waals surface area contributed by atoms with Gasteiger partial charge in [0.1, 0.15) is 0 Å². The molecule has 0 fully saturated rings. The van der Waals surface area contributed by atoms with Crippen molar-refractivity contribution in [3.8, 4) is 0 Å². The Morgan fingerprint density at radius 2 is 1.88 bits per heavy atom. The van der Waals surface area contributed by atoms with Gasteiger partial charge in [0.15, 0.2) is 0 Å². The lowest BCUT2D eigenvalue weighted by molar-refractivity contribution is -0.117. The van der Waals surface area contributed by atoms with E-state index < -0.39 is 6.04 Å². The maximum atomic E-state index is 11.8. The van der Waals surface area contributed by atoms with Crippen LogP contribution in [0.4, 0.5) is 5.69 Å². The van der Waals surface area contributed by atoms with E-state index in [1.54, 1.807) is 0 Å². The normalized spacial score (nSPS) is 12.2. The number of benzene rings is 1. The van der Waals surface area contributed by atoms with Gasteiger partial charge in [-0.25, -0.2) is 0 Å². The van der Waals surface area contributed by atoms with Gasteiger partial charge < -0.3 is 11.1 Å². The number of rotatable bonds is 5. The smallest absolute Gasteiger partial charge is 0.241 e. The quantitative estimate of drug-likeness (QED) is 0.823. The molecule has 0 spiro atoms. The number of hydrogen-bond donors (Lipinski definition) is 2. The van der Waals surface area contributed by atoms with Crippen LogP contribution in [0, 0.1) is 13.8 Å². The van der Waals surface area contributed by atoms with Crippen LogP contribution in [-0.4, -0.2) is 11.9 Å². The molecular weight excluding hydrogens is 212 g/mol. The van der Waals surface area contributed by atoms with E-state index in [0.29, 0.717) is 0 Å². The average Bonchev–Trinajstić information content (AvgIpc) is 2.24. The van der Waals surface area contributed by atoms with Gasteiger partial charge in [-0.1, -0.05) is 25.8 Å². The summed E-state index contributed by atoms with van der Waals surface area (Å²) < 4.78 is 0. The SMILES string of the molecule is CCCCC(N)C(=O)Nc1cc(C)cc(C)c1. The second kappa shape index (κ2) is 6.40. The summed E-state index contributed by atoms with van der Waals surface area (Å²) in [6.07, 6.45) is 2.79. The number of nitrogens with two attached hydrogens (primary N) is 1. The molecule has 0 saturated carbocycles. The van der Waals surface area contributed by atoms with E-state index in [-0.39, 0.29) is 5.91 Å². The number of hydrogen-bond acceptors (Lipinski definition) is 2. The Morgan fingerprint density at radius 1 is 1.29 bits per heavy atom. The summed E-state index contributed by atoms with van der Waals surface area (Å²) in [7, 11) is 0. The van der Waals surface area contributed by atoms with Crippen molar-refractivity contribution in [3.05, 3.63) is 29.3 Å². The van der Waals surface area contributed by atoms with Crippen LogP contribution in [0.15, 0.2) is 18.2 Å². The van der Waals surface area contributed by atoms with E-state index in [0.717, 1.165) is 36.1 Å². The van der Waals surface area contributed by atoms with Crippen molar-refractivity contribution >= 4 is 11.6 Å². The Kier molecular flexibility index (Phi) is 5.16. The highest BCUT2D eigenvalue weighted by Crippen LogP contribution is 2.14. The van der Waals surface area contributed by atoms with Gasteiger partial charge in [-0.15, -0.1) is 0 Å². The lowest BCUT2D eigenvalue weighted by atomic mass is 10.1. The van der Waals surface area contributed by atoms with Crippen LogP contribution < -0.4 is 11.1 Å². The highest BCUT2D eigenvalue weighted by molar-refractivity contribution is 5.94. The lowest BCUT2D eigenvalue weighted by Gasteiger charge is -2.12. The fourth-order valence-electron chi connectivity index (χ4n) is 1.84. The number of carbonyl (C=O) groups is 1. The molecular formula is C14H22N2O. The molecule has 1 unspecified atom stereocenters. The van der Waals surface area contributed by atoms with Crippen LogP contribution in [0.5, 0.6) is 0 Å². The van der Waals surface area contributed by atoms with Gasteiger partial charge >= 0.3 is 0 Å². The Balaban J connectivity index is 2.61. The van der Waals surface area contributed by atoms with E-state index >= 15 is 0 Å². The van der Waals surface area contributed by atoms with Gasteiger partial charge in [0.05, 0.1) is 6.04 Å². The van der Waals surface area contributed by atoms with Crippen molar-refractivity contribution in [3.63, 3.8) is 0 Å². The van der Waals surface area contributed by atoms with Crippen LogP contribution in [0.1, 0.15) is 37.3 Å². The van der Waals surface area contributed by atoms with Gasteiger partial charge in [-0.3, -0.25) is 4.79 Å². The Morgan fingerprint density at radius 3 is 2.41 bits per heavy atom. The molecule has 1 aromatic rings. The molecule has 0 saturated heterocycles. The summed E-state index contributed by atoms with van der Waals surface area (Å²) in [4.78, 5) is 11.8. The van der Waals surface area contributed by atoms with Gasteiger partial charge in [0.2, 0.25) is 5.91 Å². The maximum Gasteiger partial charge on any atom is 0.241 e. The zero-order chi connectivity index (χ0) is 12.8. The summed E-state index contributed by atoms with van der Waals surface area (Å²) >= 11 is 0. The third kappa shape index (κ3) is 4.57. The summed E-state index contributed by atoms with van der Waals surface area (Å²) in [5.41, 5.74) is 8.93. The van der Waals surface area contributed by atoms with Gasteiger partial charge in [0.25, 0.3) is 0 Å². The maximum absolute atomic E-state index is 11.8. The minimum atomic E-state index is -0.407. The van der Waals surface area contributed by atoms with Gasteiger partial charge in [0, 0.05) is 5.69 Å². The molecule has 17 heavy (non-hydrogen) atoms. The fraction of sp³-hybridized carbons (Fsp3) is 0.500. The molecule has 0 radical (unpaired) electrons. The molecule has 0 bridgehead atoms. The Hall–Kier alpha value is -1.35. The number of anilines is 1. The molecule has 3 heteroatoms. The molecule has 3 N–H and O–H groups in total. The lowest BCUT2D eigenvalue weighted by Crippen LogP contribution is -2.35. The van der Waals surface area contributed by atoms with Crippen molar-refractivity contribution in [2.45, 2.75) is 46.1 Å². The number of carbonyl (C=O) groups excluding carboxylic acids is 1. The highest BCUT2D eigenvalue weighted by Gasteiger charge is 2.12. The minimum Gasteiger partial charge on any atom is -0.325 e. The largest absolute Gasteiger partial charge is 0.325 e. The number of amides is 1. The third-order valence-electron chi connectivity index (χ3n) is 2.69. The first kappa shape index (κ1) is 13.7. The molecule has 94 valence electrons. The fourth-order valence-corrected chi connectivity index (χ4v) is 1.84. The van der Waals surface area contributed by atoms with E-state index in [1.165, 1.54) is 0 Å². The van der Waals surface area contributed by atoms with Gasteiger partial charge in [-0.05, 0) is 43.5 Å². The molecule has 1 rings (SSSR count). The second-order valence-corrected chi connectivity index (χ2v) is 4.61. The first-order valence-corrected chi connectivity index (χ1v) is 6.17. The first-order valence-electron chi connectivity index (χ1n) is 6.17. The van der Waals surface area contributed by atoms with Crippen molar-refractivity contribution in [2.24, 2.45) is 5.73 Å². The molecule has 0 heterocycles. The highest BCUT2D eigenvalue weighted by atomic mass is 16.2. The van der Waals surface area contributed by atoms with Crippen molar-refractivity contribution < 1.29 is 4.79 Å². The van der Waals surface area contributed by atoms with Crippen LogP contribution in [-0.2, 0) is 4.79 Å². The predicted molar refractivity (Wildman–Crippen MR) is 72.0 cm³/mol. The summed E-state index contributed by atoms with van der Waals surface area (Å²) in [5.74, 6) is -0.0940. The zero-order valence-corrected chi connectivity index (χ0v) is 10.9. The molecule has 1 amide bonds. The molecule has 0 aliphatic rings. The molecule has 0 aliphatic heterocycles. The monoisotopic (exact) mass is 234 g/mol. The average molecular weight is 234 g/mol. The van der Waals surface area contributed by atoms with E-state index in [9.17, 15) is 4.79 Å².